The van der Waals surface area contributed by atoms with Crippen LogP contribution in [0.1, 0.15) is 17.2 Å². The summed E-state index contributed by atoms with van der Waals surface area (Å²) in [6.45, 7) is 5.71. The standard InChI is InChI=1S/C19H18N4O4/c1-11-6-3-4-9-15(11)17-16(12(2)20-19(25)22-17)18(24)21-13-7-5-8-14(10-13)23(26)27/h3-10,16-17H,2H2,1H3,(H,21,24)(H2,20,22,25)/t16-,17+/m1/s1. The number of non-ortho nitro benzene ring substituents is 1. The van der Waals surface area contributed by atoms with Gasteiger partial charge in [0.1, 0.15) is 5.92 Å². The summed E-state index contributed by atoms with van der Waals surface area (Å²) in [5, 5.41) is 18.9. The van der Waals surface area contributed by atoms with E-state index in [0.717, 1.165) is 11.1 Å². The topological polar surface area (TPSA) is 113 Å². The number of nitrogens with zero attached hydrogens (tertiary/aromatic N) is 1. The van der Waals surface area contributed by atoms with Crippen LogP contribution in [-0.2, 0) is 4.79 Å². The Morgan fingerprint density at radius 2 is 1.96 bits per heavy atom. The number of amides is 3. The number of benzene rings is 2. The fourth-order valence-corrected chi connectivity index (χ4v) is 3.11. The number of nitro groups is 1. The average molecular weight is 366 g/mol. The van der Waals surface area contributed by atoms with Gasteiger partial charge in [0.15, 0.2) is 0 Å². The van der Waals surface area contributed by atoms with E-state index in [9.17, 15) is 19.7 Å². The highest BCUT2D eigenvalue weighted by molar-refractivity contribution is 5.97. The van der Waals surface area contributed by atoms with Crippen LogP contribution < -0.4 is 16.0 Å². The number of carbonyl (C=O) groups excluding carboxylic acids is 2. The zero-order valence-electron chi connectivity index (χ0n) is 14.6. The van der Waals surface area contributed by atoms with Gasteiger partial charge in [0, 0.05) is 23.5 Å². The van der Waals surface area contributed by atoms with E-state index in [4.69, 9.17) is 0 Å². The molecule has 1 fully saturated rings. The second-order valence-corrected chi connectivity index (χ2v) is 6.23. The molecule has 0 unspecified atom stereocenters. The minimum absolute atomic E-state index is 0.128. The van der Waals surface area contributed by atoms with Crippen LogP contribution in [0.4, 0.5) is 16.2 Å². The Bertz CT molecular complexity index is 941. The van der Waals surface area contributed by atoms with Gasteiger partial charge in [-0.05, 0) is 24.1 Å². The zero-order chi connectivity index (χ0) is 19.6. The highest BCUT2D eigenvalue weighted by Crippen LogP contribution is 2.32. The molecule has 0 spiro atoms. The fraction of sp³-hybridized carbons (Fsp3) is 0.158. The number of anilines is 1. The Balaban J connectivity index is 1.91. The smallest absolute Gasteiger partial charge is 0.319 e. The fourth-order valence-electron chi connectivity index (χ4n) is 3.11. The first-order valence-corrected chi connectivity index (χ1v) is 8.24. The van der Waals surface area contributed by atoms with Crippen molar-refractivity contribution in [2.75, 3.05) is 5.32 Å². The minimum atomic E-state index is -0.789. The summed E-state index contributed by atoms with van der Waals surface area (Å²) in [6, 6.07) is 12.1. The molecule has 8 heteroatoms. The van der Waals surface area contributed by atoms with Gasteiger partial charge in [0.25, 0.3) is 5.69 Å². The lowest BCUT2D eigenvalue weighted by Gasteiger charge is -2.34. The Labute approximate surface area is 155 Å². The van der Waals surface area contributed by atoms with Gasteiger partial charge in [0.05, 0.1) is 11.0 Å². The van der Waals surface area contributed by atoms with Gasteiger partial charge in [-0.1, -0.05) is 36.9 Å². The van der Waals surface area contributed by atoms with E-state index in [2.05, 4.69) is 22.5 Å². The van der Waals surface area contributed by atoms with Gasteiger partial charge in [-0.25, -0.2) is 4.79 Å². The van der Waals surface area contributed by atoms with Gasteiger partial charge >= 0.3 is 6.03 Å². The third-order valence-electron chi connectivity index (χ3n) is 4.40. The molecule has 138 valence electrons. The lowest BCUT2D eigenvalue weighted by molar-refractivity contribution is -0.384. The molecule has 0 aromatic heterocycles. The van der Waals surface area contributed by atoms with E-state index < -0.39 is 28.8 Å². The molecule has 1 aliphatic heterocycles. The number of hydrogen-bond donors (Lipinski definition) is 3. The zero-order valence-corrected chi connectivity index (χ0v) is 14.6. The van der Waals surface area contributed by atoms with Gasteiger partial charge in [0.2, 0.25) is 5.91 Å². The van der Waals surface area contributed by atoms with Crippen LogP contribution in [0, 0.1) is 23.0 Å². The number of nitrogens with one attached hydrogen (secondary N) is 3. The van der Waals surface area contributed by atoms with Crippen molar-refractivity contribution >= 4 is 23.3 Å². The third-order valence-corrected chi connectivity index (χ3v) is 4.40. The maximum absolute atomic E-state index is 12.9. The van der Waals surface area contributed by atoms with Crippen LogP contribution in [0.5, 0.6) is 0 Å². The average Bonchev–Trinajstić information content (AvgIpc) is 2.61. The molecule has 0 aliphatic carbocycles. The third kappa shape index (κ3) is 3.79. The van der Waals surface area contributed by atoms with Crippen LogP contribution in [0.2, 0.25) is 0 Å². The largest absolute Gasteiger partial charge is 0.330 e. The van der Waals surface area contributed by atoms with Crippen molar-refractivity contribution < 1.29 is 14.5 Å². The van der Waals surface area contributed by atoms with E-state index in [1.54, 1.807) is 6.07 Å². The van der Waals surface area contributed by atoms with Gasteiger partial charge in [-0.15, -0.1) is 0 Å². The molecule has 2 aromatic rings. The Morgan fingerprint density at radius 1 is 1.22 bits per heavy atom. The molecule has 0 bridgehead atoms. The molecule has 3 N–H and O–H groups in total. The predicted octanol–water partition coefficient (Wildman–Crippen LogP) is 3.03. The van der Waals surface area contributed by atoms with Crippen molar-refractivity contribution in [3.63, 3.8) is 0 Å². The molecule has 1 aliphatic rings. The molecule has 2 atom stereocenters. The van der Waals surface area contributed by atoms with E-state index in [1.807, 2.05) is 31.2 Å². The van der Waals surface area contributed by atoms with Crippen molar-refractivity contribution in [1.29, 1.82) is 0 Å². The van der Waals surface area contributed by atoms with Crippen LogP contribution in [0.25, 0.3) is 0 Å². The lowest BCUT2D eigenvalue weighted by atomic mass is 9.86. The molecule has 1 saturated heterocycles. The monoisotopic (exact) mass is 366 g/mol. The molecular formula is C19H18N4O4. The lowest BCUT2D eigenvalue weighted by Crippen LogP contribution is -2.52. The van der Waals surface area contributed by atoms with Crippen molar-refractivity contribution in [3.8, 4) is 0 Å². The quantitative estimate of drug-likeness (QED) is 0.570. The van der Waals surface area contributed by atoms with Crippen molar-refractivity contribution in [2.24, 2.45) is 5.92 Å². The summed E-state index contributed by atoms with van der Waals surface area (Å²) in [6.07, 6.45) is 0. The van der Waals surface area contributed by atoms with Crippen LogP contribution in [-0.4, -0.2) is 16.9 Å². The van der Waals surface area contributed by atoms with Crippen LogP contribution >= 0.6 is 0 Å². The van der Waals surface area contributed by atoms with Crippen LogP contribution in [0.15, 0.2) is 60.8 Å². The summed E-state index contributed by atoms with van der Waals surface area (Å²) >= 11 is 0. The summed E-state index contributed by atoms with van der Waals surface area (Å²) in [5.41, 5.74) is 2.15. The Morgan fingerprint density at radius 3 is 2.67 bits per heavy atom. The SMILES string of the molecule is C=C1NC(=O)N[C@@H](c2ccccc2C)[C@@H]1C(=O)Nc1cccc([N+](=O)[O-])c1. The molecule has 0 saturated carbocycles. The highest BCUT2D eigenvalue weighted by Gasteiger charge is 2.38. The molecule has 1 heterocycles. The maximum Gasteiger partial charge on any atom is 0.319 e. The summed E-state index contributed by atoms with van der Waals surface area (Å²) in [4.78, 5) is 35.2. The Kier molecular flexibility index (Phi) is 4.89. The van der Waals surface area contributed by atoms with E-state index in [1.165, 1.54) is 18.2 Å². The van der Waals surface area contributed by atoms with Gasteiger partial charge < -0.3 is 16.0 Å². The first-order chi connectivity index (χ1) is 12.9. The molecular weight excluding hydrogens is 348 g/mol. The summed E-state index contributed by atoms with van der Waals surface area (Å²) < 4.78 is 0. The summed E-state index contributed by atoms with van der Waals surface area (Å²) in [5.74, 6) is -1.22. The first kappa shape index (κ1) is 18.1. The molecule has 27 heavy (non-hydrogen) atoms. The number of nitro benzene ring substituents is 1. The number of aryl methyl sites for hydroxylation is 1. The second-order valence-electron chi connectivity index (χ2n) is 6.23. The molecule has 0 radical (unpaired) electrons. The van der Waals surface area contributed by atoms with Gasteiger partial charge in [-0.3, -0.25) is 14.9 Å². The number of urea groups is 1. The first-order valence-electron chi connectivity index (χ1n) is 8.24. The van der Waals surface area contributed by atoms with E-state index >= 15 is 0 Å². The normalized spacial score (nSPS) is 19.0. The molecule has 2 aromatic carbocycles. The number of carbonyl (C=O) groups is 2. The summed E-state index contributed by atoms with van der Waals surface area (Å²) in [7, 11) is 0. The van der Waals surface area contributed by atoms with Crippen molar-refractivity contribution in [3.05, 3.63) is 82.0 Å². The van der Waals surface area contributed by atoms with E-state index in [0.29, 0.717) is 5.69 Å². The maximum atomic E-state index is 12.9. The molecule has 3 amide bonds. The highest BCUT2D eigenvalue weighted by atomic mass is 16.6. The molecule has 8 nitrogen and oxygen atoms in total. The predicted molar refractivity (Wildman–Crippen MR) is 99.9 cm³/mol. The Hall–Kier alpha value is -3.68. The molecule has 3 rings (SSSR count). The van der Waals surface area contributed by atoms with Crippen LogP contribution in [0.3, 0.4) is 0 Å². The van der Waals surface area contributed by atoms with Gasteiger partial charge in [-0.2, -0.15) is 0 Å². The van der Waals surface area contributed by atoms with Crippen molar-refractivity contribution in [2.45, 2.75) is 13.0 Å². The minimum Gasteiger partial charge on any atom is -0.330 e. The second kappa shape index (κ2) is 7.28. The number of rotatable bonds is 4. The van der Waals surface area contributed by atoms with E-state index in [-0.39, 0.29) is 11.4 Å². The number of hydrogen-bond acceptors (Lipinski definition) is 4. The van der Waals surface area contributed by atoms with Crippen molar-refractivity contribution in [1.82, 2.24) is 10.6 Å².